The molecule has 2 N–H and O–H groups in total. The van der Waals surface area contributed by atoms with Gasteiger partial charge in [-0.05, 0) is 59.5 Å². The molecule has 1 unspecified atom stereocenters. The molecule has 0 saturated carbocycles. The Morgan fingerprint density at radius 2 is 1.88 bits per heavy atom. The number of carbonyl (C=O) groups is 1. The lowest BCUT2D eigenvalue weighted by Gasteiger charge is -2.20. The van der Waals surface area contributed by atoms with Crippen LogP contribution in [0.1, 0.15) is 18.4 Å². The average Bonchev–Trinajstić information content (AvgIpc) is 2.84. The Morgan fingerprint density at radius 1 is 1.29 bits per heavy atom. The first kappa shape index (κ1) is 12.8. The van der Waals surface area contributed by atoms with Crippen molar-refractivity contribution >= 4 is 28.5 Å². The van der Waals surface area contributed by atoms with Crippen LogP contribution in [0.4, 0.5) is 0 Å². The largest absolute Gasteiger partial charge is 0.341 e. The van der Waals surface area contributed by atoms with Crippen LogP contribution in [0.15, 0.2) is 24.3 Å². The summed E-state index contributed by atoms with van der Waals surface area (Å²) in [5, 5.41) is 0. The highest BCUT2D eigenvalue weighted by Gasteiger charge is 2.23. The van der Waals surface area contributed by atoms with Gasteiger partial charge in [0, 0.05) is 16.7 Å². The van der Waals surface area contributed by atoms with Crippen molar-refractivity contribution in [3.63, 3.8) is 0 Å². The summed E-state index contributed by atoms with van der Waals surface area (Å²) in [7, 11) is 0. The van der Waals surface area contributed by atoms with Crippen LogP contribution in [0, 0.1) is 3.57 Å². The summed E-state index contributed by atoms with van der Waals surface area (Å²) in [5.41, 5.74) is 7.10. The molecule has 3 nitrogen and oxygen atoms in total. The summed E-state index contributed by atoms with van der Waals surface area (Å²) < 4.78 is 1.20. The fourth-order valence-electron chi connectivity index (χ4n) is 2.13. The fourth-order valence-corrected chi connectivity index (χ4v) is 2.49. The van der Waals surface area contributed by atoms with E-state index < -0.39 is 6.04 Å². The Labute approximate surface area is 116 Å². The van der Waals surface area contributed by atoms with E-state index >= 15 is 0 Å². The van der Waals surface area contributed by atoms with Crippen molar-refractivity contribution < 1.29 is 4.79 Å². The molecule has 1 aliphatic heterocycles. The van der Waals surface area contributed by atoms with Gasteiger partial charge in [-0.3, -0.25) is 4.79 Å². The maximum Gasteiger partial charge on any atom is 0.239 e. The molecule has 0 radical (unpaired) electrons. The molecule has 1 amide bonds. The molecule has 2 rings (SSSR count). The van der Waals surface area contributed by atoms with Crippen molar-refractivity contribution in [1.82, 2.24) is 4.90 Å². The summed E-state index contributed by atoms with van der Waals surface area (Å²) >= 11 is 2.27. The minimum absolute atomic E-state index is 0.0982. The van der Waals surface area contributed by atoms with Gasteiger partial charge in [-0.1, -0.05) is 12.1 Å². The van der Waals surface area contributed by atoms with Crippen LogP contribution in [0.3, 0.4) is 0 Å². The summed E-state index contributed by atoms with van der Waals surface area (Å²) in [5.74, 6) is 0.0982. The Hall–Kier alpha value is -0.620. The number of nitrogens with zero attached hydrogens (tertiary/aromatic N) is 1. The van der Waals surface area contributed by atoms with E-state index in [1.54, 1.807) is 0 Å². The smallest absolute Gasteiger partial charge is 0.239 e. The van der Waals surface area contributed by atoms with Crippen LogP contribution in [0.25, 0.3) is 0 Å². The lowest BCUT2D eigenvalue weighted by molar-refractivity contribution is -0.131. The van der Waals surface area contributed by atoms with Crippen molar-refractivity contribution in [3.8, 4) is 0 Å². The van der Waals surface area contributed by atoms with Crippen LogP contribution in [0.5, 0.6) is 0 Å². The fraction of sp³-hybridized carbons (Fsp3) is 0.462. The molecular weight excluding hydrogens is 327 g/mol. The van der Waals surface area contributed by atoms with Crippen molar-refractivity contribution in [1.29, 1.82) is 0 Å². The molecule has 0 bridgehead atoms. The standard InChI is InChI=1S/C13H17IN2O/c14-11-5-3-10(4-6-11)9-12(15)13(17)16-7-1-2-8-16/h3-6,12H,1-2,7-9,15H2. The Kier molecular flexibility index (Phi) is 4.39. The zero-order valence-corrected chi connectivity index (χ0v) is 11.9. The van der Waals surface area contributed by atoms with Crippen molar-refractivity contribution in [2.75, 3.05) is 13.1 Å². The summed E-state index contributed by atoms with van der Waals surface area (Å²) in [6.45, 7) is 1.75. The highest BCUT2D eigenvalue weighted by atomic mass is 127. The molecule has 1 atom stereocenters. The van der Waals surface area contributed by atoms with E-state index in [9.17, 15) is 4.79 Å². The lowest BCUT2D eigenvalue weighted by atomic mass is 10.1. The number of amides is 1. The quantitative estimate of drug-likeness (QED) is 0.850. The third-order valence-corrected chi connectivity index (χ3v) is 3.82. The molecule has 17 heavy (non-hydrogen) atoms. The van der Waals surface area contributed by atoms with E-state index in [2.05, 4.69) is 22.6 Å². The molecular formula is C13H17IN2O. The molecule has 4 heteroatoms. The van der Waals surface area contributed by atoms with Gasteiger partial charge in [0.1, 0.15) is 0 Å². The second-order valence-electron chi connectivity index (χ2n) is 4.47. The van der Waals surface area contributed by atoms with Gasteiger partial charge in [0.05, 0.1) is 6.04 Å². The molecule has 1 fully saturated rings. The molecule has 1 saturated heterocycles. The molecule has 0 aliphatic carbocycles. The van der Waals surface area contributed by atoms with Gasteiger partial charge < -0.3 is 10.6 Å². The Morgan fingerprint density at radius 3 is 2.47 bits per heavy atom. The SMILES string of the molecule is NC(Cc1ccc(I)cc1)C(=O)N1CCCC1. The Balaban J connectivity index is 1.93. The second kappa shape index (κ2) is 5.82. The number of likely N-dealkylation sites (tertiary alicyclic amines) is 1. The average molecular weight is 344 g/mol. The second-order valence-corrected chi connectivity index (χ2v) is 5.72. The van der Waals surface area contributed by atoms with E-state index in [1.807, 2.05) is 29.2 Å². The van der Waals surface area contributed by atoms with Crippen LogP contribution < -0.4 is 5.73 Å². The zero-order chi connectivity index (χ0) is 12.3. The van der Waals surface area contributed by atoms with Crippen molar-refractivity contribution in [2.24, 2.45) is 5.73 Å². The van der Waals surface area contributed by atoms with Gasteiger partial charge >= 0.3 is 0 Å². The predicted molar refractivity (Wildman–Crippen MR) is 76.7 cm³/mol. The van der Waals surface area contributed by atoms with Crippen LogP contribution in [-0.2, 0) is 11.2 Å². The minimum Gasteiger partial charge on any atom is -0.341 e. The van der Waals surface area contributed by atoms with E-state index in [0.29, 0.717) is 6.42 Å². The van der Waals surface area contributed by atoms with Crippen LogP contribution >= 0.6 is 22.6 Å². The molecule has 1 aromatic carbocycles. The van der Waals surface area contributed by atoms with Gasteiger partial charge in [0.2, 0.25) is 5.91 Å². The number of rotatable bonds is 3. The van der Waals surface area contributed by atoms with Crippen molar-refractivity contribution in [3.05, 3.63) is 33.4 Å². The molecule has 0 aromatic heterocycles. The Bertz CT molecular complexity index is 385. The first-order valence-electron chi connectivity index (χ1n) is 5.95. The maximum atomic E-state index is 12.0. The number of carbonyl (C=O) groups excluding carboxylic acids is 1. The zero-order valence-electron chi connectivity index (χ0n) is 9.73. The number of halogens is 1. The maximum absolute atomic E-state index is 12.0. The molecule has 1 aromatic rings. The van der Waals surface area contributed by atoms with Gasteiger partial charge in [0.25, 0.3) is 0 Å². The molecule has 1 heterocycles. The van der Waals surface area contributed by atoms with Crippen molar-refractivity contribution in [2.45, 2.75) is 25.3 Å². The van der Waals surface area contributed by atoms with Gasteiger partial charge in [0.15, 0.2) is 0 Å². The number of nitrogens with two attached hydrogens (primary N) is 1. The van der Waals surface area contributed by atoms with Crippen LogP contribution in [0.2, 0.25) is 0 Å². The van der Waals surface area contributed by atoms with Gasteiger partial charge in [-0.25, -0.2) is 0 Å². The first-order chi connectivity index (χ1) is 8.16. The number of benzene rings is 1. The monoisotopic (exact) mass is 344 g/mol. The highest BCUT2D eigenvalue weighted by Crippen LogP contribution is 2.12. The van der Waals surface area contributed by atoms with E-state index in [4.69, 9.17) is 5.73 Å². The first-order valence-corrected chi connectivity index (χ1v) is 7.03. The van der Waals surface area contributed by atoms with Crippen LogP contribution in [-0.4, -0.2) is 29.9 Å². The number of hydrogen-bond acceptors (Lipinski definition) is 2. The summed E-state index contributed by atoms with van der Waals surface area (Å²) in [4.78, 5) is 13.9. The molecule has 1 aliphatic rings. The van der Waals surface area contributed by atoms with E-state index in [0.717, 1.165) is 31.5 Å². The molecule has 92 valence electrons. The summed E-state index contributed by atoms with van der Waals surface area (Å²) in [6.07, 6.45) is 2.86. The highest BCUT2D eigenvalue weighted by molar-refractivity contribution is 14.1. The third kappa shape index (κ3) is 3.42. The minimum atomic E-state index is -0.395. The van der Waals surface area contributed by atoms with Gasteiger partial charge in [-0.2, -0.15) is 0 Å². The normalized spacial score (nSPS) is 17.2. The number of hydrogen-bond donors (Lipinski definition) is 1. The van der Waals surface area contributed by atoms with Gasteiger partial charge in [-0.15, -0.1) is 0 Å². The van der Waals surface area contributed by atoms with E-state index in [-0.39, 0.29) is 5.91 Å². The summed E-state index contributed by atoms with van der Waals surface area (Å²) in [6, 6.07) is 7.78. The topological polar surface area (TPSA) is 46.3 Å². The third-order valence-electron chi connectivity index (χ3n) is 3.10. The lowest BCUT2D eigenvalue weighted by Crippen LogP contribution is -2.43. The predicted octanol–water partition coefficient (Wildman–Crippen LogP) is 1.78. The molecule has 0 spiro atoms. The van der Waals surface area contributed by atoms with E-state index in [1.165, 1.54) is 3.57 Å².